The number of amides is 1. The zero-order valence-corrected chi connectivity index (χ0v) is 16.2. The van der Waals surface area contributed by atoms with Gasteiger partial charge < -0.3 is 15.8 Å². The number of para-hydroxylation sites is 1. The summed E-state index contributed by atoms with van der Waals surface area (Å²) in [6.45, 7) is 0.953. The third-order valence-corrected chi connectivity index (χ3v) is 5.91. The number of halogens is 1. The van der Waals surface area contributed by atoms with E-state index in [2.05, 4.69) is 23.5 Å². The molecule has 2 aliphatic rings. The first-order valence-corrected chi connectivity index (χ1v) is 9.54. The summed E-state index contributed by atoms with van der Waals surface area (Å²) in [5.74, 6) is 1.96. The molecular weight excluding hydrogens is 360 g/mol. The number of nitrogens with two attached hydrogens (primary N) is 1. The number of hydrogen-bond acceptors (Lipinski definition) is 3. The van der Waals surface area contributed by atoms with Crippen LogP contribution in [0, 0.1) is 17.8 Å². The number of rotatable bonds is 6. The molecule has 2 aromatic carbocycles. The number of ether oxygens (including phenoxy) is 1. The van der Waals surface area contributed by atoms with Crippen molar-refractivity contribution in [3.8, 4) is 16.9 Å². The van der Waals surface area contributed by atoms with E-state index in [4.69, 9.17) is 10.5 Å². The molecule has 0 spiro atoms. The molecule has 0 saturated heterocycles. The summed E-state index contributed by atoms with van der Waals surface area (Å²) in [6.07, 6.45) is 3.46. The van der Waals surface area contributed by atoms with Gasteiger partial charge >= 0.3 is 0 Å². The predicted octanol–water partition coefficient (Wildman–Crippen LogP) is 3.64. The van der Waals surface area contributed by atoms with E-state index in [9.17, 15) is 4.79 Å². The van der Waals surface area contributed by atoms with Crippen molar-refractivity contribution >= 4 is 18.3 Å². The van der Waals surface area contributed by atoms with Crippen LogP contribution in [0.1, 0.15) is 19.3 Å². The maximum atomic E-state index is 12.5. The number of benzene rings is 2. The molecule has 2 fully saturated rings. The van der Waals surface area contributed by atoms with Crippen molar-refractivity contribution in [2.45, 2.75) is 25.3 Å². The van der Waals surface area contributed by atoms with E-state index in [1.807, 2.05) is 36.4 Å². The topological polar surface area (TPSA) is 64.4 Å². The van der Waals surface area contributed by atoms with Crippen LogP contribution in [0.15, 0.2) is 54.6 Å². The Labute approximate surface area is 166 Å². The molecule has 4 nitrogen and oxygen atoms in total. The summed E-state index contributed by atoms with van der Waals surface area (Å²) in [7, 11) is 0. The number of fused-ring (bicyclic) bond motifs is 2. The zero-order chi connectivity index (χ0) is 17.9. The molecule has 4 unspecified atom stereocenters. The highest BCUT2D eigenvalue weighted by molar-refractivity contribution is 5.85. The lowest BCUT2D eigenvalue weighted by Gasteiger charge is -2.27. The van der Waals surface area contributed by atoms with Gasteiger partial charge in [0.15, 0.2) is 0 Å². The molecule has 144 valence electrons. The summed E-state index contributed by atoms with van der Waals surface area (Å²) in [5, 5.41) is 3.03. The Kier molecular flexibility index (Phi) is 6.40. The van der Waals surface area contributed by atoms with E-state index in [-0.39, 0.29) is 30.3 Å². The first kappa shape index (κ1) is 19.7. The van der Waals surface area contributed by atoms with Gasteiger partial charge in [0.2, 0.25) is 5.91 Å². The van der Waals surface area contributed by atoms with E-state index in [1.54, 1.807) is 0 Å². The molecule has 2 aliphatic carbocycles. The minimum absolute atomic E-state index is 0. The Hall–Kier alpha value is -2.04. The molecule has 2 saturated carbocycles. The molecule has 0 heterocycles. The Bertz CT molecular complexity index is 766. The van der Waals surface area contributed by atoms with Crippen LogP contribution in [0.4, 0.5) is 0 Å². The van der Waals surface area contributed by atoms with Crippen molar-refractivity contribution in [1.82, 2.24) is 5.32 Å². The molecule has 3 N–H and O–H groups in total. The van der Waals surface area contributed by atoms with Gasteiger partial charge in [-0.25, -0.2) is 0 Å². The quantitative estimate of drug-likeness (QED) is 0.745. The first-order valence-electron chi connectivity index (χ1n) is 9.54. The fourth-order valence-electron chi connectivity index (χ4n) is 4.63. The second-order valence-electron chi connectivity index (χ2n) is 7.44. The van der Waals surface area contributed by atoms with Crippen LogP contribution in [0.2, 0.25) is 0 Å². The minimum Gasteiger partial charge on any atom is -0.491 e. The van der Waals surface area contributed by atoms with E-state index in [1.165, 1.54) is 6.42 Å². The van der Waals surface area contributed by atoms with E-state index < -0.39 is 0 Å². The van der Waals surface area contributed by atoms with Crippen LogP contribution in [0.5, 0.6) is 5.75 Å². The molecule has 0 aromatic heterocycles. The highest BCUT2D eigenvalue weighted by Gasteiger charge is 2.48. The standard InChI is InChI=1S/C22H26N2O2.ClH/c23-21-17-11-10-16(14-17)20(21)22(25)24-12-13-26-19-9-5-4-8-18(19)15-6-2-1-3-7-15;/h1-9,16-17,20-21H,10-14,23H2,(H,24,25);1H. The van der Waals surface area contributed by atoms with Crippen molar-refractivity contribution < 1.29 is 9.53 Å². The van der Waals surface area contributed by atoms with Crippen LogP contribution in [0.3, 0.4) is 0 Å². The van der Waals surface area contributed by atoms with Crippen molar-refractivity contribution in [1.29, 1.82) is 0 Å². The number of carbonyl (C=O) groups excluding carboxylic acids is 1. The molecule has 4 rings (SSSR count). The molecule has 5 heteroatoms. The Morgan fingerprint density at radius 1 is 1.04 bits per heavy atom. The Morgan fingerprint density at radius 3 is 2.48 bits per heavy atom. The monoisotopic (exact) mass is 386 g/mol. The van der Waals surface area contributed by atoms with Crippen molar-refractivity contribution in [3.63, 3.8) is 0 Å². The van der Waals surface area contributed by atoms with Crippen LogP contribution >= 0.6 is 12.4 Å². The highest BCUT2D eigenvalue weighted by atomic mass is 35.5. The fraction of sp³-hybridized carbons (Fsp3) is 0.409. The number of hydrogen-bond donors (Lipinski definition) is 2. The third kappa shape index (κ3) is 4.12. The summed E-state index contributed by atoms with van der Waals surface area (Å²) < 4.78 is 5.95. The highest BCUT2D eigenvalue weighted by Crippen LogP contribution is 2.47. The minimum atomic E-state index is -0.00893. The largest absolute Gasteiger partial charge is 0.491 e. The number of nitrogens with one attached hydrogen (secondary N) is 1. The van der Waals surface area contributed by atoms with Crippen molar-refractivity contribution in [2.24, 2.45) is 23.5 Å². The molecule has 1 amide bonds. The zero-order valence-electron chi connectivity index (χ0n) is 15.3. The lowest BCUT2D eigenvalue weighted by Crippen LogP contribution is -2.46. The maximum absolute atomic E-state index is 12.5. The van der Waals surface area contributed by atoms with Crippen LogP contribution in [0.25, 0.3) is 11.1 Å². The summed E-state index contributed by atoms with van der Waals surface area (Å²) in [4.78, 5) is 12.5. The fourth-order valence-corrected chi connectivity index (χ4v) is 4.63. The van der Waals surface area contributed by atoms with Crippen LogP contribution in [-0.2, 0) is 4.79 Å². The smallest absolute Gasteiger partial charge is 0.225 e. The molecule has 27 heavy (non-hydrogen) atoms. The Balaban J connectivity index is 0.00000210. The molecule has 2 bridgehead atoms. The molecule has 0 radical (unpaired) electrons. The van der Waals surface area contributed by atoms with Gasteiger partial charge in [0.25, 0.3) is 0 Å². The predicted molar refractivity (Wildman–Crippen MR) is 110 cm³/mol. The number of carbonyl (C=O) groups is 1. The summed E-state index contributed by atoms with van der Waals surface area (Å²) >= 11 is 0. The molecule has 2 aromatic rings. The van der Waals surface area contributed by atoms with Gasteiger partial charge in [-0.3, -0.25) is 4.79 Å². The lowest BCUT2D eigenvalue weighted by atomic mass is 9.84. The van der Waals surface area contributed by atoms with E-state index in [0.717, 1.165) is 29.7 Å². The molecule has 4 atom stereocenters. The SMILES string of the molecule is Cl.NC1C2CCC(C2)C1C(=O)NCCOc1ccccc1-c1ccccc1. The summed E-state index contributed by atoms with van der Waals surface area (Å²) in [6, 6.07) is 18.2. The van der Waals surface area contributed by atoms with Crippen molar-refractivity contribution in [3.05, 3.63) is 54.6 Å². The van der Waals surface area contributed by atoms with Gasteiger partial charge in [-0.15, -0.1) is 12.4 Å². The van der Waals surface area contributed by atoms with Crippen LogP contribution < -0.4 is 15.8 Å². The van der Waals surface area contributed by atoms with Gasteiger partial charge in [0.1, 0.15) is 12.4 Å². The normalized spacial score (nSPS) is 25.7. The molecular formula is C22H27ClN2O2. The average Bonchev–Trinajstić information content (AvgIpc) is 3.27. The lowest BCUT2D eigenvalue weighted by molar-refractivity contribution is -0.127. The summed E-state index contributed by atoms with van der Waals surface area (Å²) in [5.41, 5.74) is 8.44. The second-order valence-corrected chi connectivity index (χ2v) is 7.44. The maximum Gasteiger partial charge on any atom is 0.225 e. The van der Waals surface area contributed by atoms with E-state index in [0.29, 0.717) is 25.0 Å². The second kappa shape index (κ2) is 8.77. The van der Waals surface area contributed by atoms with E-state index >= 15 is 0 Å². The Morgan fingerprint density at radius 2 is 1.74 bits per heavy atom. The van der Waals surface area contributed by atoms with Gasteiger partial charge in [-0.2, -0.15) is 0 Å². The third-order valence-electron chi connectivity index (χ3n) is 5.91. The van der Waals surface area contributed by atoms with Gasteiger partial charge in [0, 0.05) is 11.6 Å². The first-order chi connectivity index (χ1) is 12.7. The van der Waals surface area contributed by atoms with Gasteiger partial charge in [-0.05, 0) is 42.7 Å². The average molecular weight is 387 g/mol. The van der Waals surface area contributed by atoms with Gasteiger partial charge in [0.05, 0.1) is 12.5 Å². The van der Waals surface area contributed by atoms with Crippen molar-refractivity contribution in [2.75, 3.05) is 13.2 Å². The molecule has 0 aliphatic heterocycles. The van der Waals surface area contributed by atoms with Gasteiger partial charge in [-0.1, -0.05) is 48.5 Å². The van der Waals surface area contributed by atoms with Crippen LogP contribution in [-0.4, -0.2) is 25.1 Å².